The van der Waals surface area contributed by atoms with Crippen molar-refractivity contribution in [3.05, 3.63) is 36.0 Å². The van der Waals surface area contributed by atoms with Crippen LogP contribution in [-0.2, 0) is 35.2 Å². The van der Waals surface area contributed by atoms with Gasteiger partial charge in [-0.1, -0.05) is 32.0 Å². The molecule has 1 heterocycles. The van der Waals surface area contributed by atoms with Gasteiger partial charge < -0.3 is 47.3 Å². The number of hydrogen-bond donors (Lipinski definition) is 9. The Morgan fingerprint density at radius 3 is 2.02 bits per heavy atom. The van der Waals surface area contributed by atoms with E-state index in [1.54, 1.807) is 6.20 Å². The number of carboxylic acids is 2. The predicted octanol–water partition coefficient (Wildman–Crippen LogP) is -1.02. The van der Waals surface area contributed by atoms with E-state index in [9.17, 15) is 33.9 Å². The fourth-order valence-corrected chi connectivity index (χ4v) is 4.26. The zero-order chi connectivity index (χ0) is 32.3. The van der Waals surface area contributed by atoms with E-state index < -0.39 is 78.8 Å². The van der Waals surface area contributed by atoms with Gasteiger partial charge in [0, 0.05) is 23.5 Å². The molecule has 1 aromatic heterocycles. The number of aromatic nitrogens is 1. The number of H-pyrrole nitrogens is 1. The minimum Gasteiger partial charge on any atom is -0.481 e. The number of aliphatic hydroxyl groups excluding tert-OH is 1. The molecule has 236 valence electrons. The maximum Gasteiger partial charge on any atom is 0.325 e. The Bertz CT molecular complexity index is 1310. The van der Waals surface area contributed by atoms with Crippen LogP contribution in [0.2, 0.25) is 0 Å². The highest BCUT2D eigenvalue weighted by atomic mass is 16.4. The largest absolute Gasteiger partial charge is 0.481 e. The molecule has 2 aromatic rings. The molecular weight excluding hydrogens is 564 g/mol. The third-order valence-corrected chi connectivity index (χ3v) is 6.62. The highest BCUT2D eigenvalue weighted by molar-refractivity contribution is 5.95. The Hall–Kier alpha value is -4.50. The molecule has 2 rings (SSSR count). The monoisotopic (exact) mass is 604 g/mol. The lowest BCUT2D eigenvalue weighted by atomic mass is 10.0. The molecule has 0 saturated heterocycles. The molecule has 43 heavy (non-hydrogen) atoms. The lowest BCUT2D eigenvalue weighted by Gasteiger charge is -2.26. The first kappa shape index (κ1) is 34.7. The molecule has 0 radical (unpaired) electrons. The zero-order valence-corrected chi connectivity index (χ0v) is 24.3. The third-order valence-electron chi connectivity index (χ3n) is 6.62. The van der Waals surface area contributed by atoms with E-state index in [1.165, 1.54) is 6.92 Å². The molecule has 0 aliphatic heterocycles. The van der Waals surface area contributed by atoms with Gasteiger partial charge in [-0.25, -0.2) is 0 Å². The third kappa shape index (κ3) is 10.7. The molecular formula is C28H40N6O9. The normalized spacial score (nSPS) is 14.7. The number of carbonyl (C=O) groups is 6. The summed E-state index contributed by atoms with van der Waals surface area (Å²) in [5, 5.41) is 38.0. The van der Waals surface area contributed by atoms with Crippen molar-refractivity contribution in [2.45, 2.75) is 76.7 Å². The Labute approximate surface area is 248 Å². The number of carbonyl (C=O) groups excluding carboxylic acids is 4. The van der Waals surface area contributed by atoms with Crippen molar-refractivity contribution < 1.29 is 44.1 Å². The lowest BCUT2D eigenvalue weighted by Crippen LogP contribution is -2.59. The predicted molar refractivity (Wildman–Crippen MR) is 154 cm³/mol. The van der Waals surface area contributed by atoms with Gasteiger partial charge in [0.05, 0.1) is 12.6 Å². The van der Waals surface area contributed by atoms with Crippen LogP contribution in [0.3, 0.4) is 0 Å². The highest BCUT2D eigenvalue weighted by Gasteiger charge is 2.31. The second-order valence-electron chi connectivity index (χ2n) is 10.7. The van der Waals surface area contributed by atoms with Crippen molar-refractivity contribution in [1.82, 2.24) is 26.3 Å². The second-order valence-corrected chi connectivity index (χ2v) is 10.7. The maximum absolute atomic E-state index is 13.3. The number of hydrogen-bond acceptors (Lipinski definition) is 8. The van der Waals surface area contributed by atoms with E-state index in [-0.39, 0.29) is 25.2 Å². The topological polar surface area (TPSA) is 253 Å². The molecule has 0 fully saturated rings. The first-order valence-electron chi connectivity index (χ1n) is 13.8. The summed E-state index contributed by atoms with van der Waals surface area (Å²) >= 11 is 0. The molecule has 10 N–H and O–H groups in total. The van der Waals surface area contributed by atoms with Crippen molar-refractivity contribution >= 4 is 46.5 Å². The Morgan fingerprint density at radius 2 is 1.42 bits per heavy atom. The average Bonchev–Trinajstić information content (AvgIpc) is 3.35. The second kappa shape index (κ2) is 16.2. The minimum absolute atomic E-state index is 0.0779. The highest BCUT2D eigenvalue weighted by Crippen LogP contribution is 2.19. The first-order chi connectivity index (χ1) is 20.2. The standard InChI is InChI=1S/C28H40N6O9/c1-14(2)10-21(33-24(38)18(29)11-16-12-30-19-7-5-4-6-17(16)19)26(40)32-20(8-9-23(36)37)25(39)34-22(13-35)27(41)31-15(3)28(42)43/h4-7,12,14-15,18,20-22,30,35H,8-11,13,29H2,1-3H3,(H,31,41)(H,32,40)(H,33,38)(H,34,39)(H,36,37)(H,42,43)/t15-,18-,20-,21-,22-/m0/s1. The number of fused-ring (bicyclic) bond motifs is 1. The fraction of sp³-hybridized carbons (Fsp3) is 0.500. The zero-order valence-electron chi connectivity index (χ0n) is 24.3. The minimum atomic E-state index is -1.58. The Morgan fingerprint density at radius 1 is 0.837 bits per heavy atom. The molecule has 0 bridgehead atoms. The number of nitrogens with two attached hydrogens (primary N) is 1. The van der Waals surface area contributed by atoms with Crippen LogP contribution in [0.1, 0.15) is 45.6 Å². The molecule has 0 spiro atoms. The summed E-state index contributed by atoms with van der Waals surface area (Å²) in [4.78, 5) is 77.0. The molecule has 15 heteroatoms. The van der Waals surface area contributed by atoms with Crippen LogP contribution in [0.25, 0.3) is 10.9 Å². The molecule has 0 unspecified atom stereocenters. The van der Waals surface area contributed by atoms with E-state index in [2.05, 4.69) is 26.3 Å². The summed E-state index contributed by atoms with van der Waals surface area (Å²) in [5.41, 5.74) is 7.87. The van der Waals surface area contributed by atoms with Crippen molar-refractivity contribution in [2.75, 3.05) is 6.61 Å². The fourth-order valence-electron chi connectivity index (χ4n) is 4.26. The molecule has 0 saturated carbocycles. The molecule has 1 aromatic carbocycles. The van der Waals surface area contributed by atoms with E-state index >= 15 is 0 Å². The summed E-state index contributed by atoms with van der Waals surface area (Å²) in [6, 6.07) is 1.01. The molecule has 4 amide bonds. The number of rotatable bonds is 17. The van der Waals surface area contributed by atoms with E-state index in [4.69, 9.17) is 15.9 Å². The van der Waals surface area contributed by atoms with Crippen molar-refractivity contribution in [1.29, 1.82) is 0 Å². The summed E-state index contributed by atoms with van der Waals surface area (Å²) in [7, 11) is 0. The Kier molecular flexibility index (Phi) is 13.1. The molecule has 0 aliphatic carbocycles. The summed E-state index contributed by atoms with van der Waals surface area (Å²) in [6.07, 6.45) is 1.20. The van der Waals surface area contributed by atoms with Gasteiger partial charge in [-0.3, -0.25) is 28.8 Å². The first-order valence-corrected chi connectivity index (χ1v) is 13.8. The van der Waals surface area contributed by atoms with Crippen LogP contribution in [0.5, 0.6) is 0 Å². The molecule has 0 aliphatic rings. The number of benzene rings is 1. The number of aromatic amines is 1. The van der Waals surface area contributed by atoms with Crippen LogP contribution in [-0.4, -0.2) is 92.7 Å². The lowest BCUT2D eigenvalue weighted by molar-refractivity contribution is -0.142. The molecule has 5 atom stereocenters. The van der Waals surface area contributed by atoms with Crippen LogP contribution >= 0.6 is 0 Å². The van der Waals surface area contributed by atoms with Crippen LogP contribution in [0.15, 0.2) is 30.5 Å². The SMILES string of the molecule is CC(C)C[C@H](NC(=O)[C@@H](N)Cc1c[nH]c2ccccc12)C(=O)N[C@@H](CCC(=O)O)C(=O)N[C@@H](CO)C(=O)N[C@@H](C)C(=O)O. The van der Waals surface area contributed by atoms with Gasteiger partial charge >= 0.3 is 11.9 Å². The Balaban J connectivity index is 2.15. The van der Waals surface area contributed by atoms with Gasteiger partial charge in [0.15, 0.2) is 0 Å². The van der Waals surface area contributed by atoms with Crippen LogP contribution < -0.4 is 27.0 Å². The number of carboxylic acid groups (broad SMARTS) is 2. The summed E-state index contributed by atoms with van der Waals surface area (Å²) in [5.74, 6) is -6.05. The van der Waals surface area contributed by atoms with Gasteiger partial charge in [-0.15, -0.1) is 0 Å². The van der Waals surface area contributed by atoms with Gasteiger partial charge in [0.1, 0.15) is 24.2 Å². The number of aliphatic hydroxyl groups is 1. The molecule has 15 nitrogen and oxygen atoms in total. The van der Waals surface area contributed by atoms with E-state index in [1.807, 2.05) is 38.1 Å². The van der Waals surface area contributed by atoms with Gasteiger partial charge in [-0.2, -0.15) is 0 Å². The summed E-state index contributed by atoms with van der Waals surface area (Å²) < 4.78 is 0. The van der Waals surface area contributed by atoms with Crippen molar-refractivity contribution in [3.8, 4) is 0 Å². The van der Waals surface area contributed by atoms with Crippen molar-refractivity contribution in [2.24, 2.45) is 11.7 Å². The van der Waals surface area contributed by atoms with Crippen LogP contribution in [0.4, 0.5) is 0 Å². The van der Waals surface area contributed by atoms with E-state index in [0.717, 1.165) is 16.5 Å². The van der Waals surface area contributed by atoms with Gasteiger partial charge in [-0.05, 0) is 43.7 Å². The maximum atomic E-state index is 13.3. The smallest absolute Gasteiger partial charge is 0.325 e. The van der Waals surface area contributed by atoms with Crippen LogP contribution in [0, 0.1) is 5.92 Å². The average molecular weight is 605 g/mol. The number of nitrogens with one attached hydrogen (secondary N) is 5. The number of para-hydroxylation sites is 1. The summed E-state index contributed by atoms with van der Waals surface area (Å²) in [6.45, 7) is 3.91. The van der Waals surface area contributed by atoms with Crippen molar-refractivity contribution in [3.63, 3.8) is 0 Å². The number of aliphatic carboxylic acids is 2. The quantitative estimate of drug-likeness (QED) is 0.106. The van der Waals surface area contributed by atoms with Gasteiger partial charge in [0.25, 0.3) is 0 Å². The van der Waals surface area contributed by atoms with E-state index in [0.29, 0.717) is 0 Å². The number of amides is 4. The van der Waals surface area contributed by atoms with Gasteiger partial charge in [0.2, 0.25) is 23.6 Å².